The monoisotopic (exact) mass is 391 g/mol. The molecular formula is C17H9ClF3N5O. The molecule has 0 aliphatic rings. The van der Waals surface area contributed by atoms with Gasteiger partial charge in [0.2, 0.25) is 0 Å². The molecule has 0 fully saturated rings. The summed E-state index contributed by atoms with van der Waals surface area (Å²) < 4.78 is 45.0. The summed E-state index contributed by atoms with van der Waals surface area (Å²) in [5.74, 6) is 0.585. The van der Waals surface area contributed by atoms with Gasteiger partial charge in [-0.1, -0.05) is 28.9 Å². The van der Waals surface area contributed by atoms with E-state index in [9.17, 15) is 13.2 Å². The standard InChI is InChI=1S/C17H9ClF3N5O/c18-12-5-7-13(8-6-12)26-16(23-24-25-26)14-9-22-27-15(14)10-1-3-11(4-2-10)17(19,20)21/h1-9H. The maximum absolute atomic E-state index is 12.8. The number of tetrazole rings is 1. The second-order valence-corrected chi connectivity index (χ2v) is 5.97. The number of halogens is 4. The first-order chi connectivity index (χ1) is 12.9. The number of alkyl halides is 3. The Morgan fingerprint density at radius 3 is 2.33 bits per heavy atom. The van der Waals surface area contributed by atoms with Crippen LogP contribution in [0.4, 0.5) is 13.2 Å². The van der Waals surface area contributed by atoms with E-state index in [0.29, 0.717) is 27.7 Å². The van der Waals surface area contributed by atoms with Crippen molar-refractivity contribution in [2.24, 2.45) is 0 Å². The van der Waals surface area contributed by atoms with Crippen LogP contribution < -0.4 is 0 Å². The van der Waals surface area contributed by atoms with Crippen molar-refractivity contribution in [1.82, 2.24) is 25.4 Å². The van der Waals surface area contributed by atoms with Crippen LogP contribution in [-0.4, -0.2) is 25.4 Å². The van der Waals surface area contributed by atoms with E-state index in [1.807, 2.05) is 0 Å². The van der Waals surface area contributed by atoms with Crippen molar-refractivity contribution < 1.29 is 17.7 Å². The Hall–Kier alpha value is -3.20. The molecule has 0 saturated heterocycles. The SMILES string of the molecule is FC(F)(F)c1ccc(-c2oncc2-c2nnnn2-c2ccc(Cl)cc2)cc1. The van der Waals surface area contributed by atoms with Crippen molar-refractivity contribution in [3.8, 4) is 28.4 Å². The Morgan fingerprint density at radius 1 is 0.963 bits per heavy atom. The lowest BCUT2D eigenvalue weighted by atomic mass is 10.1. The molecule has 0 unspecified atom stereocenters. The zero-order valence-electron chi connectivity index (χ0n) is 13.4. The zero-order chi connectivity index (χ0) is 19.0. The molecule has 0 bridgehead atoms. The molecule has 10 heteroatoms. The average Bonchev–Trinajstić information content (AvgIpc) is 3.30. The van der Waals surface area contributed by atoms with Crippen LogP contribution in [-0.2, 0) is 6.18 Å². The van der Waals surface area contributed by atoms with Gasteiger partial charge in [-0.15, -0.1) is 5.10 Å². The minimum Gasteiger partial charge on any atom is -0.356 e. The van der Waals surface area contributed by atoms with E-state index in [4.69, 9.17) is 16.1 Å². The molecule has 0 atom stereocenters. The average molecular weight is 392 g/mol. The molecule has 27 heavy (non-hydrogen) atoms. The third-order valence-electron chi connectivity index (χ3n) is 3.83. The molecule has 0 radical (unpaired) electrons. The molecule has 0 aliphatic heterocycles. The number of hydrogen-bond acceptors (Lipinski definition) is 5. The minimum atomic E-state index is -4.42. The summed E-state index contributed by atoms with van der Waals surface area (Å²) in [4.78, 5) is 0. The van der Waals surface area contributed by atoms with E-state index in [2.05, 4.69) is 20.7 Å². The van der Waals surface area contributed by atoms with E-state index in [1.54, 1.807) is 24.3 Å². The van der Waals surface area contributed by atoms with Gasteiger partial charge in [0.05, 0.1) is 23.0 Å². The van der Waals surface area contributed by atoms with Crippen molar-refractivity contribution in [2.75, 3.05) is 0 Å². The highest BCUT2D eigenvalue weighted by atomic mass is 35.5. The number of benzene rings is 2. The quantitative estimate of drug-likeness (QED) is 0.508. The van der Waals surface area contributed by atoms with Crippen LogP contribution in [0.2, 0.25) is 5.02 Å². The first-order valence-electron chi connectivity index (χ1n) is 7.60. The third-order valence-corrected chi connectivity index (χ3v) is 4.08. The molecule has 6 nitrogen and oxygen atoms in total. The molecule has 136 valence electrons. The van der Waals surface area contributed by atoms with Gasteiger partial charge in [0.25, 0.3) is 0 Å². The van der Waals surface area contributed by atoms with Crippen LogP contribution in [0, 0.1) is 0 Å². The lowest BCUT2D eigenvalue weighted by Gasteiger charge is -2.07. The van der Waals surface area contributed by atoms with Crippen LogP contribution in [0.25, 0.3) is 28.4 Å². The summed E-state index contributed by atoms with van der Waals surface area (Å²) in [6, 6.07) is 11.4. The lowest BCUT2D eigenvalue weighted by Crippen LogP contribution is -2.04. The molecular weight excluding hydrogens is 383 g/mol. The molecule has 2 heterocycles. The van der Waals surface area contributed by atoms with E-state index >= 15 is 0 Å². The van der Waals surface area contributed by atoms with Gasteiger partial charge in [-0.3, -0.25) is 0 Å². The Labute approximate surface area is 155 Å². The second-order valence-electron chi connectivity index (χ2n) is 5.53. The maximum atomic E-state index is 12.8. The Morgan fingerprint density at radius 2 is 1.67 bits per heavy atom. The molecule has 0 spiro atoms. The van der Waals surface area contributed by atoms with Gasteiger partial charge in [0.1, 0.15) is 0 Å². The first-order valence-corrected chi connectivity index (χ1v) is 7.98. The van der Waals surface area contributed by atoms with Gasteiger partial charge in [0.15, 0.2) is 11.6 Å². The van der Waals surface area contributed by atoms with Crippen LogP contribution in [0.1, 0.15) is 5.56 Å². The van der Waals surface area contributed by atoms with Gasteiger partial charge in [-0.05, 0) is 46.8 Å². The van der Waals surface area contributed by atoms with Crippen LogP contribution in [0.5, 0.6) is 0 Å². The van der Waals surface area contributed by atoms with Crippen LogP contribution >= 0.6 is 11.6 Å². The molecule has 2 aromatic carbocycles. The smallest absolute Gasteiger partial charge is 0.356 e. The van der Waals surface area contributed by atoms with Crippen molar-refractivity contribution in [1.29, 1.82) is 0 Å². The molecule has 0 saturated carbocycles. The predicted octanol–water partition coefficient (Wildman–Crippen LogP) is 4.66. The molecule has 2 aromatic heterocycles. The number of rotatable bonds is 3. The molecule has 0 aliphatic carbocycles. The van der Waals surface area contributed by atoms with Gasteiger partial charge < -0.3 is 4.52 Å². The summed E-state index contributed by atoms with van der Waals surface area (Å²) in [6.45, 7) is 0. The van der Waals surface area contributed by atoms with Gasteiger partial charge in [-0.25, -0.2) is 0 Å². The van der Waals surface area contributed by atoms with Gasteiger partial charge >= 0.3 is 6.18 Å². The summed E-state index contributed by atoms with van der Waals surface area (Å²) in [6.07, 6.45) is -3.01. The van der Waals surface area contributed by atoms with E-state index in [0.717, 1.165) is 12.1 Å². The minimum absolute atomic E-state index is 0.258. The normalized spacial score (nSPS) is 11.7. The Balaban J connectivity index is 1.76. The van der Waals surface area contributed by atoms with Gasteiger partial charge in [-0.2, -0.15) is 17.9 Å². The summed E-state index contributed by atoms with van der Waals surface area (Å²) >= 11 is 5.90. The molecule has 4 aromatic rings. The topological polar surface area (TPSA) is 69.6 Å². The van der Waals surface area contributed by atoms with E-state index < -0.39 is 11.7 Å². The number of aromatic nitrogens is 5. The zero-order valence-corrected chi connectivity index (χ0v) is 14.1. The highest BCUT2D eigenvalue weighted by molar-refractivity contribution is 6.30. The van der Waals surface area contributed by atoms with Crippen molar-refractivity contribution in [3.05, 3.63) is 65.3 Å². The predicted molar refractivity (Wildman–Crippen MR) is 90.1 cm³/mol. The fourth-order valence-electron chi connectivity index (χ4n) is 2.53. The van der Waals surface area contributed by atoms with Gasteiger partial charge in [0, 0.05) is 10.6 Å². The summed E-state index contributed by atoms with van der Waals surface area (Å²) in [7, 11) is 0. The number of nitrogens with zero attached hydrogens (tertiary/aromatic N) is 5. The first kappa shape index (κ1) is 17.2. The summed E-state index contributed by atoms with van der Waals surface area (Å²) in [5, 5.41) is 15.9. The molecule has 4 rings (SSSR count). The lowest BCUT2D eigenvalue weighted by molar-refractivity contribution is -0.137. The van der Waals surface area contributed by atoms with Crippen LogP contribution in [0.15, 0.2) is 59.3 Å². The van der Waals surface area contributed by atoms with Crippen molar-refractivity contribution >= 4 is 11.6 Å². The van der Waals surface area contributed by atoms with Crippen LogP contribution in [0.3, 0.4) is 0 Å². The van der Waals surface area contributed by atoms with Crippen molar-refractivity contribution in [2.45, 2.75) is 6.18 Å². The van der Waals surface area contributed by atoms with E-state index in [1.165, 1.54) is 23.0 Å². The van der Waals surface area contributed by atoms with Crippen molar-refractivity contribution in [3.63, 3.8) is 0 Å². The fourth-order valence-corrected chi connectivity index (χ4v) is 2.65. The second kappa shape index (κ2) is 6.51. The summed E-state index contributed by atoms with van der Waals surface area (Å²) in [5.41, 5.74) is 0.758. The maximum Gasteiger partial charge on any atom is 0.416 e. The van der Waals surface area contributed by atoms with E-state index in [-0.39, 0.29) is 5.76 Å². The highest BCUT2D eigenvalue weighted by Gasteiger charge is 2.30. The number of hydrogen-bond donors (Lipinski definition) is 0. The largest absolute Gasteiger partial charge is 0.416 e. The molecule has 0 amide bonds. The molecule has 0 N–H and O–H groups in total. The fraction of sp³-hybridized carbons (Fsp3) is 0.0588. The highest BCUT2D eigenvalue weighted by Crippen LogP contribution is 2.34. The third kappa shape index (κ3) is 3.28. The Bertz CT molecular complexity index is 1070. The Kier molecular flexibility index (Phi) is 4.15.